The van der Waals surface area contributed by atoms with Gasteiger partial charge in [0.2, 0.25) is 0 Å². The molecule has 4 rings (SSSR count). The zero-order chi connectivity index (χ0) is 25.1. The maximum absolute atomic E-state index is 14.7. The van der Waals surface area contributed by atoms with Crippen molar-refractivity contribution in [2.24, 2.45) is 0 Å². The first-order valence-corrected chi connectivity index (χ1v) is 11.7. The Labute approximate surface area is 216 Å². The number of aromatic nitrogens is 2. The largest absolute Gasteiger partial charge is 0.493 e. The molecular weight excluding hydrogens is 539 g/mol. The van der Waals surface area contributed by atoms with Crippen molar-refractivity contribution >= 4 is 27.5 Å². The van der Waals surface area contributed by atoms with Gasteiger partial charge in [-0.05, 0) is 64.5 Å². The van der Waals surface area contributed by atoms with Crippen LogP contribution in [0, 0.1) is 5.82 Å². The van der Waals surface area contributed by atoms with Crippen LogP contribution < -0.4 is 18.9 Å². The van der Waals surface area contributed by atoms with Crippen LogP contribution >= 0.6 is 27.5 Å². The van der Waals surface area contributed by atoms with Crippen molar-refractivity contribution in [1.82, 2.24) is 9.78 Å². The Bertz CT molecular complexity index is 1360. The molecule has 4 aromatic rings. The molecule has 0 aliphatic carbocycles. The number of hydrogen-bond acceptors (Lipinski definition) is 5. The van der Waals surface area contributed by atoms with Crippen LogP contribution in [0.3, 0.4) is 0 Å². The van der Waals surface area contributed by atoms with Gasteiger partial charge in [0.1, 0.15) is 11.5 Å². The molecule has 0 amide bonds. The Hall–Kier alpha value is -3.23. The van der Waals surface area contributed by atoms with Gasteiger partial charge in [-0.3, -0.25) is 4.68 Å². The number of halogens is 3. The zero-order valence-corrected chi connectivity index (χ0v) is 21.9. The number of rotatable bonds is 8. The van der Waals surface area contributed by atoms with E-state index in [0.29, 0.717) is 43.8 Å². The number of methoxy groups -OCH3 is 4. The lowest BCUT2D eigenvalue weighted by Gasteiger charge is -2.13. The van der Waals surface area contributed by atoms with E-state index >= 15 is 0 Å². The molecule has 0 radical (unpaired) electrons. The van der Waals surface area contributed by atoms with Crippen molar-refractivity contribution in [3.63, 3.8) is 0 Å². The highest BCUT2D eigenvalue weighted by molar-refractivity contribution is 9.10. The third kappa shape index (κ3) is 4.81. The fraction of sp³-hybridized carbons (Fsp3) is 0.192. The van der Waals surface area contributed by atoms with Gasteiger partial charge in [0.05, 0.1) is 45.2 Å². The second kappa shape index (κ2) is 10.6. The molecule has 0 fully saturated rings. The maximum atomic E-state index is 14.7. The Morgan fingerprint density at radius 1 is 0.829 bits per heavy atom. The summed E-state index contributed by atoms with van der Waals surface area (Å²) in [7, 11) is 6.30. The summed E-state index contributed by atoms with van der Waals surface area (Å²) in [5.41, 5.74) is 3.28. The van der Waals surface area contributed by atoms with E-state index in [-0.39, 0.29) is 6.54 Å². The molecule has 0 unspecified atom stereocenters. The predicted molar refractivity (Wildman–Crippen MR) is 138 cm³/mol. The van der Waals surface area contributed by atoms with Crippen LogP contribution in [0.5, 0.6) is 23.0 Å². The first-order chi connectivity index (χ1) is 16.9. The summed E-state index contributed by atoms with van der Waals surface area (Å²) in [4.78, 5) is 0. The molecule has 0 aliphatic rings. The van der Waals surface area contributed by atoms with Crippen molar-refractivity contribution in [2.75, 3.05) is 28.4 Å². The van der Waals surface area contributed by atoms with Crippen LogP contribution in [0.2, 0.25) is 5.02 Å². The molecule has 0 aliphatic heterocycles. The quantitative estimate of drug-likeness (QED) is 0.235. The van der Waals surface area contributed by atoms with Gasteiger partial charge < -0.3 is 18.9 Å². The number of nitrogens with zero attached hydrogens (tertiary/aromatic N) is 2. The highest BCUT2D eigenvalue weighted by atomic mass is 79.9. The first kappa shape index (κ1) is 24.9. The van der Waals surface area contributed by atoms with Crippen LogP contribution in [-0.2, 0) is 6.54 Å². The highest BCUT2D eigenvalue weighted by Crippen LogP contribution is 2.42. The van der Waals surface area contributed by atoms with Crippen molar-refractivity contribution in [2.45, 2.75) is 6.54 Å². The average molecular weight is 562 g/mol. The van der Waals surface area contributed by atoms with Gasteiger partial charge in [-0.15, -0.1) is 0 Å². The normalized spacial score (nSPS) is 10.8. The van der Waals surface area contributed by atoms with E-state index in [9.17, 15) is 4.39 Å². The zero-order valence-electron chi connectivity index (χ0n) is 19.6. The van der Waals surface area contributed by atoms with E-state index in [4.69, 9.17) is 35.6 Å². The molecule has 0 spiro atoms. The summed E-state index contributed by atoms with van der Waals surface area (Å²) in [6, 6.07) is 15.7. The van der Waals surface area contributed by atoms with E-state index in [0.717, 1.165) is 16.8 Å². The molecule has 0 N–H and O–H groups in total. The number of ether oxygens (including phenoxy) is 4. The van der Waals surface area contributed by atoms with Gasteiger partial charge in [-0.2, -0.15) is 5.10 Å². The van der Waals surface area contributed by atoms with E-state index in [2.05, 4.69) is 15.9 Å². The van der Waals surface area contributed by atoms with Crippen LogP contribution in [0.15, 0.2) is 59.1 Å². The molecule has 0 saturated carbocycles. The third-order valence-electron chi connectivity index (χ3n) is 5.58. The molecule has 3 aromatic carbocycles. The first-order valence-electron chi connectivity index (χ1n) is 10.6. The van der Waals surface area contributed by atoms with Crippen LogP contribution in [-0.4, -0.2) is 38.2 Å². The predicted octanol–water partition coefficient (Wildman–Crippen LogP) is 6.85. The maximum Gasteiger partial charge on any atom is 0.161 e. The molecular formula is C26H23BrClFN2O4. The monoisotopic (exact) mass is 560 g/mol. The molecule has 0 atom stereocenters. The second-order valence-corrected chi connectivity index (χ2v) is 8.71. The van der Waals surface area contributed by atoms with Gasteiger partial charge in [0.25, 0.3) is 0 Å². The molecule has 1 heterocycles. The van der Waals surface area contributed by atoms with E-state index in [1.165, 1.54) is 6.07 Å². The van der Waals surface area contributed by atoms with Gasteiger partial charge in [0.15, 0.2) is 23.0 Å². The minimum absolute atomic E-state index is 0.112. The topological polar surface area (TPSA) is 54.7 Å². The summed E-state index contributed by atoms with van der Waals surface area (Å²) in [6.07, 6.45) is 0. The van der Waals surface area contributed by atoms with Gasteiger partial charge in [-0.1, -0.05) is 17.7 Å². The molecule has 182 valence electrons. The second-order valence-electron chi connectivity index (χ2n) is 7.51. The lowest BCUT2D eigenvalue weighted by atomic mass is 10.1. The Morgan fingerprint density at radius 3 is 1.97 bits per heavy atom. The summed E-state index contributed by atoms with van der Waals surface area (Å²) in [6.45, 7) is 0.112. The lowest BCUT2D eigenvalue weighted by molar-refractivity contribution is 0.355. The fourth-order valence-corrected chi connectivity index (χ4v) is 4.78. The third-order valence-corrected chi connectivity index (χ3v) is 6.68. The Morgan fingerprint density at radius 2 is 1.40 bits per heavy atom. The lowest BCUT2D eigenvalue weighted by Crippen LogP contribution is -2.07. The number of benzene rings is 3. The van der Waals surface area contributed by atoms with Crippen molar-refractivity contribution < 1.29 is 23.3 Å². The van der Waals surface area contributed by atoms with Crippen molar-refractivity contribution in [3.8, 4) is 45.5 Å². The molecule has 35 heavy (non-hydrogen) atoms. The van der Waals surface area contributed by atoms with E-state index in [1.54, 1.807) is 45.3 Å². The summed E-state index contributed by atoms with van der Waals surface area (Å²) in [5, 5.41) is 5.16. The van der Waals surface area contributed by atoms with Gasteiger partial charge >= 0.3 is 0 Å². The van der Waals surface area contributed by atoms with Crippen molar-refractivity contribution in [1.29, 1.82) is 0 Å². The van der Waals surface area contributed by atoms with E-state index in [1.807, 2.05) is 36.4 Å². The average Bonchev–Trinajstić information content (AvgIpc) is 3.20. The highest BCUT2D eigenvalue weighted by Gasteiger charge is 2.22. The standard InChI is InChI=1S/C26H23BrClFN2O4/c1-32-20-10-8-15(12-22(20)34-3)25-24(27)26(16-9-11-21(33-2)23(13-16)35-4)31(30-25)14-17-18(28)6-5-7-19(17)29/h5-13H,14H2,1-4H3. The Kier molecular flexibility index (Phi) is 7.52. The fourth-order valence-electron chi connectivity index (χ4n) is 3.81. The molecule has 9 heteroatoms. The SMILES string of the molecule is COc1ccc(-c2nn(Cc3c(F)cccc3Cl)c(-c3ccc(OC)c(OC)c3)c2Br)cc1OC. The van der Waals surface area contributed by atoms with Gasteiger partial charge in [-0.25, -0.2) is 4.39 Å². The number of hydrogen-bond donors (Lipinski definition) is 0. The molecule has 0 bridgehead atoms. The minimum atomic E-state index is -0.407. The van der Waals surface area contributed by atoms with Crippen LogP contribution in [0.1, 0.15) is 5.56 Å². The summed E-state index contributed by atoms with van der Waals surface area (Å²) >= 11 is 10.1. The van der Waals surface area contributed by atoms with Crippen molar-refractivity contribution in [3.05, 3.63) is 75.5 Å². The van der Waals surface area contributed by atoms with E-state index < -0.39 is 5.82 Å². The Balaban J connectivity index is 1.93. The smallest absolute Gasteiger partial charge is 0.161 e. The minimum Gasteiger partial charge on any atom is -0.493 e. The molecule has 1 aromatic heterocycles. The molecule has 6 nitrogen and oxygen atoms in total. The van der Waals surface area contributed by atoms with Crippen LogP contribution in [0.25, 0.3) is 22.5 Å². The summed E-state index contributed by atoms with van der Waals surface area (Å²) in [5.74, 6) is 1.91. The van der Waals surface area contributed by atoms with Crippen LogP contribution in [0.4, 0.5) is 4.39 Å². The summed E-state index contributed by atoms with van der Waals surface area (Å²) < 4.78 is 38.8. The molecule has 0 saturated heterocycles. The van der Waals surface area contributed by atoms with Gasteiger partial charge in [0, 0.05) is 21.7 Å².